The summed E-state index contributed by atoms with van der Waals surface area (Å²) in [6.07, 6.45) is 0. The molecule has 2 N–H and O–H groups in total. The number of benzene rings is 1. The van der Waals surface area contributed by atoms with Crippen molar-refractivity contribution in [2.45, 2.75) is 5.92 Å². The third-order valence-corrected chi connectivity index (χ3v) is 2.87. The van der Waals surface area contributed by atoms with Crippen molar-refractivity contribution in [3.05, 3.63) is 23.8 Å². The van der Waals surface area contributed by atoms with Crippen LogP contribution in [0.1, 0.15) is 11.5 Å². The van der Waals surface area contributed by atoms with E-state index in [1.165, 1.54) is 11.3 Å². The molecule has 1 aliphatic rings. The van der Waals surface area contributed by atoms with Crippen LogP contribution in [-0.2, 0) is 0 Å². The van der Waals surface area contributed by atoms with Crippen molar-refractivity contribution >= 4 is 5.69 Å². The van der Waals surface area contributed by atoms with Crippen LogP contribution >= 0.6 is 0 Å². The standard InChI is InChI=1S/C11H16N2O/c1-13-7-8(6-12)10-4-3-9(14-2)5-11(10)13/h3-5,8H,6-7,12H2,1-2H3. The van der Waals surface area contributed by atoms with Crippen molar-refractivity contribution in [1.82, 2.24) is 0 Å². The van der Waals surface area contributed by atoms with Crippen molar-refractivity contribution in [2.24, 2.45) is 5.73 Å². The summed E-state index contributed by atoms with van der Waals surface area (Å²) in [6.45, 7) is 1.72. The van der Waals surface area contributed by atoms with Crippen molar-refractivity contribution in [3.8, 4) is 5.75 Å². The molecule has 0 aliphatic carbocycles. The zero-order valence-electron chi connectivity index (χ0n) is 8.66. The van der Waals surface area contributed by atoms with Gasteiger partial charge in [-0.2, -0.15) is 0 Å². The Balaban J connectivity index is 2.41. The molecule has 0 saturated heterocycles. The van der Waals surface area contributed by atoms with E-state index in [2.05, 4.69) is 24.1 Å². The minimum absolute atomic E-state index is 0.473. The number of nitrogens with zero attached hydrogens (tertiary/aromatic N) is 1. The molecule has 14 heavy (non-hydrogen) atoms. The lowest BCUT2D eigenvalue weighted by Gasteiger charge is -2.12. The molecule has 1 unspecified atom stereocenters. The Kier molecular flexibility index (Phi) is 2.33. The van der Waals surface area contributed by atoms with Crippen LogP contribution in [0.25, 0.3) is 0 Å². The van der Waals surface area contributed by atoms with Crippen LogP contribution in [0.5, 0.6) is 5.75 Å². The third kappa shape index (κ3) is 1.34. The SMILES string of the molecule is COc1ccc2c(c1)N(C)CC2CN. The molecule has 0 saturated carbocycles. The number of likely N-dealkylation sites (N-methyl/N-ethyl adjacent to an activating group) is 1. The van der Waals surface area contributed by atoms with Crippen molar-refractivity contribution in [2.75, 3.05) is 32.1 Å². The second-order valence-electron chi connectivity index (χ2n) is 3.74. The first-order valence-electron chi connectivity index (χ1n) is 4.85. The van der Waals surface area contributed by atoms with E-state index in [0.29, 0.717) is 12.5 Å². The molecule has 1 aromatic carbocycles. The average molecular weight is 192 g/mol. The summed E-state index contributed by atoms with van der Waals surface area (Å²) in [7, 11) is 3.78. The van der Waals surface area contributed by atoms with Crippen LogP contribution in [0.15, 0.2) is 18.2 Å². The second-order valence-corrected chi connectivity index (χ2v) is 3.74. The summed E-state index contributed by atoms with van der Waals surface area (Å²) < 4.78 is 5.20. The topological polar surface area (TPSA) is 38.5 Å². The van der Waals surface area contributed by atoms with E-state index < -0.39 is 0 Å². The van der Waals surface area contributed by atoms with Crippen LogP contribution in [0.4, 0.5) is 5.69 Å². The van der Waals surface area contributed by atoms with Gasteiger partial charge in [0.1, 0.15) is 5.75 Å². The van der Waals surface area contributed by atoms with Crippen LogP contribution in [0.2, 0.25) is 0 Å². The third-order valence-electron chi connectivity index (χ3n) is 2.87. The second kappa shape index (κ2) is 3.50. The van der Waals surface area contributed by atoms with Crippen molar-refractivity contribution in [1.29, 1.82) is 0 Å². The molecule has 0 fully saturated rings. The maximum Gasteiger partial charge on any atom is 0.120 e. The van der Waals surface area contributed by atoms with Crippen molar-refractivity contribution < 1.29 is 4.74 Å². The van der Waals surface area contributed by atoms with Gasteiger partial charge in [-0.3, -0.25) is 0 Å². The van der Waals surface area contributed by atoms with Gasteiger partial charge in [0.05, 0.1) is 7.11 Å². The number of rotatable bonds is 2. The molecule has 0 bridgehead atoms. The Morgan fingerprint density at radius 2 is 2.36 bits per heavy atom. The van der Waals surface area contributed by atoms with Gasteiger partial charge < -0.3 is 15.4 Å². The van der Waals surface area contributed by atoms with Gasteiger partial charge in [0, 0.05) is 37.8 Å². The summed E-state index contributed by atoms with van der Waals surface area (Å²) in [5, 5.41) is 0. The zero-order chi connectivity index (χ0) is 10.1. The van der Waals surface area contributed by atoms with E-state index in [0.717, 1.165) is 12.3 Å². The van der Waals surface area contributed by atoms with Gasteiger partial charge in [-0.05, 0) is 11.6 Å². The van der Waals surface area contributed by atoms with Gasteiger partial charge in [0.25, 0.3) is 0 Å². The molecule has 1 atom stereocenters. The Labute approximate surface area is 84.5 Å². The maximum atomic E-state index is 5.72. The Hall–Kier alpha value is -1.22. The molecule has 76 valence electrons. The van der Waals surface area contributed by atoms with E-state index in [9.17, 15) is 0 Å². The number of ether oxygens (including phenoxy) is 1. The number of hydrogen-bond donors (Lipinski definition) is 1. The van der Waals surface area contributed by atoms with Gasteiger partial charge in [-0.15, -0.1) is 0 Å². The lowest BCUT2D eigenvalue weighted by Crippen LogP contribution is -2.20. The number of methoxy groups -OCH3 is 1. The summed E-state index contributed by atoms with van der Waals surface area (Å²) in [6, 6.07) is 6.20. The first-order valence-corrected chi connectivity index (χ1v) is 4.85. The smallest absolute Gasteiger partial charge is 0.120 e. The van der Waals surface area contributed by atoms with Crippen LogP contribution in [0.3, 0.4) is 0 Å². The minimum atomic E-state index is 0.473. The van der Waals surface area contributed by atoms with Crippen LogP contribution < -0.4 is 15.4 Å². The molecule has 0 spiro atoms. The van der Waals surface area contributed by atoms with E-state index in [1.54, 1.807) is 7.11 Å². The molecule has 3 nitrogen and oxygen atoms in total. The number of hydrogen-bond acceptors (Lipinski definition) is 3. The van der Waals surface area contributed by atoms with Gasteiger partial charge in [-0.1, -0.05) is 6.07 Å². The lowest BCUT2D eigenvalue weighted by atomic mass is 10.0. The quantitative estimate of drug-likeness (QED) is 0.765. The highest BCUT2D eigenvalue weighted by Crippen LogP contribution is 2.36. The van der Waals surface area contributed by atoms with Gasteiger partial charge in [-0.25, -0.2) is 0 Å². The predicted molar refractivity (Wildman–Crippen MR) is 58.1 cm³/mol. The highest BCUT2D eigenvalue weighted by molar-refractivity contribution is 5.62. The normalized spacial score (nSPS) is 19.6. The van der Waals surface area contributed by atoms with Gasteiger partial charge >= 0.3 is 0 Å². The Morgan fingerprint density at radius 1 is 1.57 bits per heavy atom. The maximum absolute atomic E-state index is 5.72. The first-order chi connectivity index (χ1) is 6.76. The summed E-state index contributed by atoms with van der Waals surface area (Å²) >= 11 is 0. The number of anilines is 1. The molecule has 3 heteroatoms. The molecular formula is C11H16N2O. The first kappa shape index (κ1) is 9.34. The number of fused-ring (bicyclic) bond motifs is 1. The van der Waals surface area contributed by atoms with E-state index in [-0.39, 0.29) is 0 Å². The highest BCUT2D eigenvalue weighted by Gasteiger charge is 2.25. The van der Waals surface area contributed by atoms with Gasteiger partial charge in [0.15, 0.2) is 0 Å². The molecule has 0 radical (unpaired) electrons. The van der Waals surface area contributed by atoms with Gasteiger partial charge in [0.2, 0.25) is 0 Å². The number of nitrogens with two attached hydrogens (primary N) is 1. The molecule has 0 amide bonds. The predicted octanol–water partition coefficient (Wildman–Crippen LogP) is 1.19. The molecular weight excluding hydrogens is 176 g/mol. The Bertz CT molecular complexity index is 338. The molecule has 1 aliphatic heterocycles. The highest BCUT2D eigenvalue weighted by atomic mass is 16.5. The largest absolute Gasteiger partial charge is 0.497 e. The summed E-state index contributed by atoms with van der Waals surface area (Å²) in [4.78, 5) is 2.23. The van der Waals surface area contributed by atoms with E-state index in [4.69, 9.17) is 10.5 Å². The van der Waals surface area contributed by atoms with Crippen molar-refractivity contribution in [3.63, 3.8) is 0 Å². The van der Waals surface area contributed by atoms with E-state index >= 15 is 0 Å². The Morgan fingerprint density at radius 3 is 3.00 bits per heavy atom. The van der Waals surface area contributed by atoms with Crippen LogP contribution in [-0.4, -0.2) is 27.2 Å². The fraction of sp³-hybridized carbons (Fsp3) is 0.455. The summed E-state index contributed by atoms with van der Waals surface area (Å²) in [5.74, 6) is 1.38. The van der Waals surface area contributed by atoms with E-state index in [1.807, 2.05) is 6.07 Å². The molecule has 0 aromatic heterocycles. The monoisotopic (exact) mass is 192 g/mol. The fourth-order valence-electron chi connectivity index (χ4n) is 2.06. The summed E-state index contributed by atoms with van der Waals surface area (Å²) in [5.41, 5.74) is 8.32. The molecule has 1 heterocycles. The molecule has 1 aromatic rings. The fourth-order valence-corrected chi connectivity index (χ4v) is 2.06. The lowest BCUT2D eigenvalue weighted by molar-refractivity contribution is 0.415. The van der Waals surface area contributed by atoms with Crippen LogP contribution in [0, 0.1) is 0 Å². The average Bonchev–Trinajstić information content (AvgIpc) is 2.55. The minimum Gasteiger partial charge on any atom is -0.497 e. The zero-order valence-corrected chi connectivity index (χ0v) is 8.66. The molecule has 2 rings (SSSR count).